The molecular formula is C21H22FN3O4. The molecule has 29 heavy (non-hydrogen) atoms. The van der Waals surface area contributed by atoms with E-state index in [2.05, 4.69) is 0 Å². The van der Waals surface area contributed by atoms with Crippen molar-refractivity contribution in [2.75, 3.05) is 33.4 Å². The van der Waals surface area contributed by atoms with Crippen LogP contribution in [0.5, 0.6) is 0 Å². The zero-order valence-corrected chi connectivity index (χ0v) is 16.3. The molecule has 2 saturated heterocycles. The molecule has 2 amide bonds. The zero-order valence-electron chi connectivity index (χ0n) is 16.3. The summed E-state index contributed by atoms with van der Waals surface area (Å²) in [7, 11) is 1.72. The van der Waals surface area contributed by atoms with Gasteiger partial charge in [-0.1, -0.05) is 0 Å². The highest BCUT2D eigenvalue weighted by atomic mass is 19.1. The van der Waals surface area contributed by atoms with E-state index in [4.69, 9.17) is 4.74 Å². The van der Waals surface area contributed by atoms with Crippen LogP contribution in [0.1, 0.15) is 15.9 Å². The molecule has 2 atom stereocenters. The Morgan fingerprint density at radius 3 is 2.55 bits per heavy atom. The van der Waals surface area contributed by atoms with Crippen LogP contribution in [0.2, 0.25) is 0 Å². The number of pyridine rings is 1. The first-order valence-corrected chi connectivity index (χ1v) is 9.48. The number of halogens is 1. The van der Waals surface area contributed by atoms with Crippen LogP contribution >= 0.6 is 0 Å². The number of likely N-dealkylation sites (N-methyl/N-ethyl adjacent to an activating group) is 1. The van der Waals surface area contributed by atoms with Crippen LogP contribution in [-0.2, 0) is 9.53 Å². The molecule has 0 saturated carbocycles. The first-order valence-electron chi connectivity index (χ1n) is 9.48. The van der Waals surface area contributed by atoms with Crippen molar-refractivity contribution in [1.82, 2.24) is 14.4 Å². The smallest absolute Gasteiger partial charge is 0.268 e. The van der Waals surface area contributed by atoms with Crippen molar-refractivity contribution in [2.45, 2.75) is 13.0 Å². The minimum absolute atomic E-state index is 0.0451. The number of hydrogen-bond donors (Lipinski definition) is 0. The topological polar surface area (TPSA) is 71.9 Å². The highest BCUT2D eigenvalue weighted by Gasteiger charge is 2.39. The standard InChI is InChI=1S/C21H22FN3O4/c1-13-7-8-25(16-5-3-15(22)4-6-16)21(28)18(13)20(27)24-9-14-11-29-12-17(10-24)23(2)19(14)26/h3-8,14,17H,9-12H2,1-2H3/t14-,17+/m1/s1. The van der Waals surface area contributed by atoms with E-state index in [0.29, 0.717) is 24.4 Å². The van der Waals surface area contributed by atoms with Crippen molar-refractivity contribution < 1.29 is 18.7 Å². The third kappa shape index (κ3) is 3.44. The Morgan fingerprint density at radius 1 is 1.10 bits per heavy atom. The molecule has 3 heterocycles. The zero-order chi connectivity index (χ0) is 20.7. The van der Waals surface area contributed by atoms with Crippen LogP contribution in [0.25, 0.3) is 5.69 Å². The molecule has 4 rings (SSSR count). The van der Waals surface area contributed by atoms with Crippen molar-refractivity contribution in [1.29, 1.82) is 0 Å². The molecule has 2 aliphatic heterocycles. The Bertz CT molecular complexity index is 1020. The quantitative estimate of drug-likeness (QED) is 0.761. The molecular weight excluding hydrogens is 377 g/mol. The molecule has 0 unspecified atom stereocenters. The predicted octanol–water partition coefficient (Wildman–Crippen LogP) is 1.21. The van der Waals surface area contributed by atoms with Gasteiger partial charge in [-0.2, -0.15) is 0 Å². The van der Waals surface area contributed by atoms with Crippen molar-refractivity contribution >= 4 is 11.8 Å². The van der Waals surface area contributed by atoms with Gasteiger partial charge in [0.1, 0.15) is 11.4 Å². The SMILES string of the molecule is Cc1ccn(-c2ccc(F)cc2)c(=O)c1C(=O)N1C[C@@H]2COC[C@H](C1)N(C)C2=O. The summed E-state index contributed by atoms with van der Waals surface area (Å²) < 4.78 is 20.1. The van der Waals surface area contributed by atoms with Crippen LogP contribution in [0.15, 0.2) is 41.3 Å². The lowest BCUT2D eigenvalue weighted by Crippen LogP contribution is -2.46. The number of hydrogen-bond acceptors (Lipinski definition) is 4. The van der Waals surface area contributed by atoms with E-state index in [-0.39, 0.29) is 30.7 Å². The third-order valence-electron chi connectivity index (χ3n) is 5.65. The summed E-state index contributed by atoms with van der Waals surface area (Å²) >= 11 is 0. The lowest BCUT2D eigenvalue weighted by molar-refractivity contribution is -0.133. The first kappa shape index (κ1) is 19.3. The Hall–Kier alpha value is -3.00. The average molecular weight is 399 g/mol. The highest BCUT2D eigenvalue weighted by Crippen LogP contribution is 2.21. The molecule has 8 heteroatoms. The molecule has 2 bridgehead atoms. The monoisotopic (exact) mass is 399 g/mol. The van der Waals surface area contributed by atoms with Crippen LogP contribution in [0, 0.1) is 18.7 Å². The van der Waals surface area contributed by atoms with E-state index in [9.17, 15) is 18.8 Å². The summed E-state index contributed by atoms with van der Waals surface area (Å²) in [6, 6.07) is 6.95. The molecule has 2 aromatic rings. The molecule has 7 nitrogen and oxygen atoms in total. The highest BCUT2D eigenvalue weighted by molar-refractivity contribution is 5.96. The van der Waals surface area contributed by atoms with E-state index in [1.54, 1.807) is 36.0 Å². The van der Waals surface area contributed by atoms with Gasteiger partial charge in [0.2, 0.25) is 5.91 Å². The summed E-state index contributed by atoms with van der Waals surface area (Å²) in [5.74, 6) is -1.29. The summed E-state index contributed by atoms with van der Waals surface area (Å²) in [6.45, 7) is 2.85. The van der Waals surface area contributed by atoms with Gasteiger partial charge in [-0.3, -0.25) is 19.0 Å². The van der Waals surface area contributed by atoms with Gasteiger partial charge in [0.05, 0.1) is 25.2 Å². The maximum atomic E-state index is 13.4. The number of ether oxygens (including phenoxy) is 1. The number of fused-ring (bicyclic) bond motifs is 3. The molecule has 0 N–H and O–H groups in total. The van der Waals surface area contributed by atoms with Gasteiger partial charge in [-0.05, 0) is 42.8 Å². The van der Waals surface area contributed by atoms with Gasteiger partial charge in [0, 0.05) is 32.0 Å². The minimum atomic E-state index is -0.466. The van der Waals surface area contributed by atoms with E-state index in [1.807, 2.05) is 0 Å². The number of nitrogens with zero attached hydrogens (tertiary/aromatic N) is 3. The van der Waals surface area contributed by atoms with E-state index in [0.717, 1.165) is 0 Å². The van der Waals surface area contributed by atoms with Crippen molar-refractivity contribution in [3.8, 4) is 5.69 Å². The maximum absolute atomic E-state index is 13.4. The number of carbonyl (C=O) groups excluding carboxylic acids is 2. The fraction of sp³-hybridized carbons (Fsp3) is 0.381. The molecule has 1 aromatic heterocycles. The lowest BCUT2D eigenvalue weighted by Gasteiger charge is -2.29. The third-order valence-corrected chi connectivity index (χ3v) is 5.65. The minimum Gasteiger partial charge on any atom is -0.378 e. The van der Waals surface area contributed by atoms with Crippen molar-refractivity contribution in [2.24, 2.45) is 5.92 Å². The average Bonchev–Trinajstić information content (AvgIpc) is 2.87. The second-order valence-corrected chi connectivity index (χ2v) is 7.57. The van der Waals surface area contributed by atoms with E-state index < -0.39 is 23.2 Å². The summed E-state index contributed by atoms with van der Waals surface area (Å²) in [5, 5.41) is 0. The van der Waals surface area contributed by atoms with Gasteiger partial charge < -0.3 is 14.5 Å². The molecule has 1 aromatic carbocycles. The van der Waals surface area contributed by atoms with E-state index >= 15 is 0 Å². The van der Waals surface area contributed by atoms with E-state index in [1.165, 1.54) is 28.8 Å². The van der Waals surface area contributed by atoms with Gasteiger partial charge in [-0.25, -0.2) is 4.39 Å². The Balaban J connectivity index is 1.72. The number of aryl methyl sites for hydroxylation is 1. The van der Waals surface area contributed by atoms with Crippen LogP contribution in [-0.4, -0.2) is 65.6 Å². The largest absolute Gasteiger partial charge is 0.378 e. The predicted molar refractivity (Wildman–Crippen MR) is 104 cm³/mol. The fourth-order valence-corrected chi connectivity index (χ4v) is 3.91. The second-order valence-electron chi connectivity index (χ2n) is 7.57. The van der Waals surface area contributed by atoms with Crippen LogP contribution in [0.3, 0.4) is 0 Å². The van der Waals surface area contributed by atoms with Gasteiger partial charge in [0.25, 0.3) is 11.5 Å². The summed E-state index contributed by atoms with van der Waals surface area (Å²) in [4.78, 5) is 42.3. The normalized spacial score (nSPS) is 21.8. The van der Waals surface area contributed by atoms with Gasteiger partial charge >= 0.3 is 0 Å². The lowest BCUT2D eigenvalue weighted by atomic mass is 10.1. The molecule has 2 aliphatic rings. The van der Waals surface area contributed by atoms with Crippen molar-refractivity contribution in [3.63, 3.8) is 0 Å². The molecule has 0 aliphatic carbocycles. The van der Waals surface area contributed by atoms with Crippen LogP contribution < -0.4 is 5.56 Å². The van der Waals surface area contributed by atoms with Crippen LogP contribution in [0.4, 0.5) is 4.39 Å². The molecule has 0 radical (unpaired) electrons. The summed E-state index contributed by atoms with van der Waals surface area (Å²) in [6.07, 6.45) is 1.57. The molecule has 152 valence electrons. The summed E-state index contributed by atoms with van der Waals surface area (Å²) in [5.41, 5.74) is 0.630. The van der Waals surface area contributed by atoms with Gasteiger partial charge in [-0.15, -0.1) is 0 Å². The number of rotatable bonds is 2. The number of amides is 2. The molecule has 2 fully saturated rings. The Kier molecular flexibility index (Phi) is 4.96. The Morgan fingerprint density at radius 2 is 1.83 bits per heavy atom. The number of carbonyl (C=O) groups is 2. The first-order chi connectivity index (χ1) is 13.9. The fourth-order valence-electron chi connectivity index (χ4n) is 3.91. The number of aromatic nitrogens is 1. The second kappa shape index (κ2) is 7.44. The van der Waals surface area contributed by atoms with Crippen molar-refractivity contribution in [3.05, 3.63) is 63.8 Å². The van der Waals surface area contributed by atoms with Gasteiger partial charge in [0.15, 0.2) is 0 Å². The number of benzene rings is 1. The molecule has 0 spiro atoms. The maximum Gasteiger partial charge on any atom is 0.268 e. The Labute approximate surface area is 167 Å².